The third-order valence-corrected chi connectivity index (χ3v) is 5.16. The maximum absolute atomic E-state index is 6.12. The van der Waals surface area contributed by atoms with E-state index in [0.717, 1.165) is 13.0 Å². The van der Waals surface area contributed by atoms with Gasteiger partial charge in [0.1, 0.15) is 0 Å². The summed E-state index contributed by atoms with van der Waals surface area (Å²) in [6.45, 7) is 7.41. The standard InChI is InChI=1S/C20H23NO/c1-12-4-6-14(3)16(10-12)19-15-8-9-22-20(15)17-11-13(2)5-7-18(17)21-19/h4-7,10-11,15,19-21H,8-9H2,1-3H3. The van der Waals surface area contributed by atoms with Crippen molar-refractivity contribution in [1.82, 2.24) is 0 Å². The molecule has 3 unspecified atom stereocenters. The highest BCUT2D eigenvalue weighted by Crippen LogP contribution is 2.50. The Kier molecular flexibility index (Phi) is 3.23. The van der Waals surface area contributed by atoms with Crippen molar-refractivity contribution >= 4 is 5.69 Å². The Hall–Kier alpha value is -1.80. The molecule has 0 saturated carbocycles. The zero-order valence-corrected chi connectivity index (χ0v) is 13.5. The second kappa shape index (κ2) is 5.13. The fourth-order valence-corrected chi connectivity index (χ4v) is 3.99. The molecule has 0 radical (unpaired) electrons. The molecular formula is C20H23NO. The van der Waals surface area contributed by atoms with Crippen LogP contribution in [-0.2, 0) is 4.74 Å². The highest BCUT2D eigenvalue weighted by molar-refractivity contribution is 5.59. The summed E-state index contributed by atoms with van der Waals surface area (Å²) in [6, 6.07) is 13.8. The minimum atomic E-state index is 0.237. The van der Waals surface area contributed by atoms with Crippen LogP contribution in [-0.4, -0.2) is 6.61 Å². The predicted molar refractivity (Wildman–Crippen MR) is 90.3 cm³/mol. The molecule has 2 aliphatic rings. The fourth-order valence-electron chi connectivity index (χ4n) is 3.99. The van der Waals surface area contributed by atoms with Gasteiger partial charge >= 0.3 is 0 Å². The normalized spacial score (nSPS) is 26.2. The van der Waals surface area contributed by atoms with E-state index in [-0.39, 0.29) is 6.10 Å². The molecule has 1 fully saturated rings. The summed E-state index contributed by atoms with van der Waals surface area (Å²) < 4.78 is 6.12. The number of benzene rings is 2. The lowest BCUT2D eigenvalue weighted by atomic mass is 9.79. The first kappa shape index (κ1) is 13.8. The Bertz CT molecular complexity index is 722. The molecule has 0 amide bonds. The molecular weight excluding hydrogens is 270 g/mol. The summed E-state index contributed by atoms with van der Waals surface area (Å²) in [7, 11) is 0. The molecule has 0 bridgehead atoms. The first-order chi connectivity index (χ1) is 10.6. The third kappa shape index (κ3) is 2.14. The van der Waals surface area contributed by atoms with Gasteiger partial charge in [-0.2, -0.15) is 0 Å². The molecule has 114 valence electrons. The Labute approximate surface area is 132 Å². The second-order valence-corrected chi connectivity index (χ2v) is 6.82. The van der Waals surface area contributed by atoms with Crippen molar-refractivity contribution in [3.63, 3.8) is 0 Å². The molecule has 2 aromatic carbocycles. The van der Waals surface area contributed by atoms with E-state index in [2.05, 4.69) is 62.5 Å². The Morgan fingerprint density at radius 2 is 1.68 bits per heavy atom. The molecule has 0 spiro atoms. The molecule has 4 rings (SSSR count). The van der Waals surface area contributed by atoms with Gasteiger partial charge in [-0.15, -0.1) is 0 Å². The van der Waals surface area contributed by atoms with E-state index >= 15 is 0 Å². The van der Waals surface area contributed by atoms with Crippen LogP contribution in [0.2, 0.25) is 0 Å². The fraction of sp³-hybridized carbons (Fsp3) is 0.400. The Balaban J connectivity index is 1.82. The van der Waals surface area contributed by atoms with E-state index in [9.17, 15) is 0 Å². The van der Waals surface area contributed by atoms with Crippen LogP contribution in [0, 0.1) is 26.7 Å². The molecule has 1 N–H and O–H groups in total. The van der Waals surface area contributed by atoms with Crippen LogP contribution in [0.4, 0.5) is 5.69 Å². The molecule has 0 aromatic heterocycles. The maximum Gasteiger partial charge on any atom is 0.0896 e. The zero-order valence-electron chi connectivity index (χ0n) is 13.5. The van der Waals surface area contributed by atoms with Gasteiger partial charge < -0.3 is 10.1 Å². The van der Waals surface area contributed by atoms with Gasteiger partial charge in [-0.3, -0.25) is 0 Å². The van der Waals surface area contributed by atoms with E-state index < -0.39 is 0 Å². The van der Waals surface area contributed by atoms with Gasteiger partial charge in [0.15, 0.2) is 0 Å². The lowest BCUT2D eigenvalue weighted by Crippen LogP contribution is -2.29. The maximum atomic E-state index is 6.12. The van der Waals surface area contributed by atoms with Crippen LogP contribution in [0.1, 0.15) is 46.4 Å². The average molecular weight is 293 g/mol. The summed E-state index contributed by atoms with van der Waals surface area (Å²) >= 11 is 0. The number of anilines is 1. The largest absolute Gasteiger partial charge is 0.378 e. The molecule has 2 aliphatic heterocycles. The van der Waals surface area contributed by atoms with Gasteiger partial charge in [0, 0.05) is 23.8 Å². The first-order valence-electron chi connectivity index (χ1n) is 8.19. The van der Waals surface area contributed by atoms with Gasteiger partial charge in [0.25, 0.3) is 0 Å². The summed E-state index contributed by atoms with van der Waals surface area (Å²) in [5.41, 5.74) is 7.99. The molecule has 2 aromatic rings. The van der Waals surface area contributed by atoms with Crippen molar-refractivity contribution in [2.24, 2.45) is 5.92 Å². The third-order valence-electron chi connectivity index (χ3n) is 5.16. The van der Waals surface area contributed by atoms with Crippen LogP contribution in [0.25, 0.3) is 0 Å². The number of rotatable bonds is 1. The highest BCUT2D eigenvalue weighted by atomic mass is 16.5. The number of fused-ring (bicyclic) bond motifs is 3. The van der Waals surface area contributed by atoms with Crippen molar-refractivity contribution in [2.45, 2.75) is 39.3 Å². The summed E-state index contributed by atoms with van der Waals surface area (Å²) in [6.07, 6.45) is 1.37. The van der Waals surface area contributed by atoms with Crippen molar-refractivity contribution < 1.29 is 4.74 Å². The van der Waals surface area contributed by atoms with E-state index in [0.29, 0.717) is 12.0 Å². The van der Waals surface area contributed by atoms with Crippen LogP contribution >= 0.6 is 0 Å². The predicted octanol–water partition coefficient (Wildman–Crippen LogP) is 4.86. The van der Waals surface area contributed by atoms with Gasteiger partial charge in [0.05, 0.1) is 12.1 Å². The van der Waals surface area contributed by atoms with E-state index in [1.165, 1.54) is 33.5 Å². The van der Waals surface area contributed by atoms with Crippen molar-refractivity contribution in [2.75, 3.05) is 11.9 Å². The Morgan fingerprint density at radius 1 is 0.955 bits per heavy atom. The van der Waals surface area contributed by atoms with Gasteiger partial charge in [-0.25, -0.2) is 0 Å². The lowest BCUT2D eigenvalue weighted by molar-refractivity contribution is 0.0828. The first-order valence-corrected chi connectivity index (χ1v) is 8.19. The quantitative estimate of drug-likeness (QED) is 0.811. The molecule has 2 heterocycles. The minimum Gasteiger partial charge on any atom is -0.378 e. The molecule has 22 heavy (non-hydrogen) atoms. The molecule has 2 heteroatoms. The topological polar surface area (TPSA) is 21.3 Å². The van der Waals surface area contributed by atoms with Crippen molar-refractivity contribution in [1.29, 1.82) is 0 Å². The van der Waals surface area contributed by atoms with Crippen molar-refractivity contribution in [3.8, 4) is 0 Å². The van der Waals surface area contributed by atoms with Crippen LogP contribution in [0.15, 0.2) is 36.4 Å². The summed E-state index contributed by atoms with van der Waals surface area (Å²) in [5.74, 6) is 0.523. The number of hydrogen-bond donors (Lipinski definition) is 1. The number of hydrogen-bond acceptors (Lipinski definition) is 2. The molecule has 0 aliphatic carbocycles. The SMILES string of the molecule is Cc1ccc(C)c(C2Nc3ccc(C)cc3C3OCCC23)c1. The van der Waals surface area contributed by atoms with E-state index in [1.54, 1.807) is 0 Å². The smallest absolute Gasteiger partial charge is 0.0896 e. The summed E-state index contributed by atoms with van der Waals surface area (Å²) in [5, 5.41) is 3.80. The zero-order chi connectivity index (χ0) is 15.3. The number of nitrogens with one attached hydrogen (secondary N) is 1. The lowest BCUT2D eigenvalue weighted by Gasteiger charge is -2.37. The Morgan fingerprint density at radius 3 is 2.50 bits per heavy atom. The minimum absolute atomic E-state index is 0.237. The van der Waals surface area contributed by atoms with E-state index in [1.807, 2.05) is 0 Å². The molecule has 1 saturated heterocycles. The van der Waals surface area contributed by atoms with E-state index in [4.69, 9.17) is 4.74 Å². The summed E-state index contributed by atoms with van der Waals surface area (Å²) in [4.78, 5) is 0. The number of ether oxygens (including phenoxy) is 1. The highest BCUT2D eigenvalue weighted by Gasteiger charge is 2.41. The number of aryl methyl sites for hydroxylation is 3. The monoisotopic (exact) mass is 293 g/mol. The van der Waals surface area contributed by atoms with Gasteiger partial charge in [-0.05, 0) is 44.4 Å². The van der Waals surface area contributed by atoms with Crippen LogP contribution in [0.3, 0.4) is 0 Å². The van der Waals surface area contributed by atoms with Crippen LogP contribution in [0.5, 0.6) is 0 Å². The molecule has 3 atom stereocenters. The van der Waals surface area contributed by atoms with Crippen molar-refractivity contribution in [3.05, 3.63) is 64.2 Å². The molecule has 2 nitrogen and oxygen atoms in total. The average Bonchev–Trinajstić information content (AvgIpc) is 2.99. The van der Waals surface area contributed by atoms with Gasteiger partial charge in [0.2, 0.25) is 0 Å². The van der Waals surface area contributed by atoms with Gasteiger partial charge in [-0.1, -0.05) is 41.5 Å². The second-order valence-electron chi connectivity index (χ2n) is 6.82. The van der Waals surface area contributed by atoms with Crippen LogP contribution < -0.4 is 5.32 Å².